The average Bonchev–Trinajstić information content (AvgIpc) is 2.76. The van der Waals surface area contributed by atoms with Crippen molar-refractivity contribution in [3.63, 3.8) is 0 Å². The Hall–Kier alpha value is -1.08. The van der Waals surface area contributed by atoms with E-state index < -0.39 is 0 Å². The topological polar surface area (TPSA) is 12.0 Å². The van der Waals surface area contributed by atoms with Gasteiger partial charge in [-0.05, 0) is 49.4 Å². The van der Waals surface area contributed by atoms with Gasteiger partial charge in [0, 0.05) is 12.0 Å². The summed E-state index contributed by atoms with van der Waals surface area (Å²) < 4.78 is 0. The first-order valence-corrected chi connectivity index (χ1v) is 6.56. The molecule has 92 valence electrons. The smallest absolute Gasteiger partial charge is 0.00400 e. The molecule has 1 aromatic carbocycles. The lowest BCUT2D eigenvalue weighted by molar-refractivity contribution is 0.406. The van der Waals surface area contributed by atoms with Crippen LogP contribution in [0.4, 0.5) is 0 Å². The molecule has 0 spiro atoms. The van der Waals surface area contributed by atoms with Crippen LogP contribution >= 0.6 is 0 Å². The minimum absolute atomic E-state index is 0.154. The van der Waals surface area contributed by atoms with Crippen LogP contribution in [0.1, 0.15) is 30.0 Å². The van der Waals surface area contributed by atoms with Gasteiger partial charge in [-0.3, -0.25) is 0 Å². The first kappa shape index (κ1) is 12.4. The van der Waals surface area contributed by atoms with Crippen molar-refractivity contribution < 1.29 is 0 Å². The van der Waals surface area contributed by atoms with Crippen molar-refractivity contribution in [2.24, 2.45) is 5.41 Å². The Kier molecular flexibility index (Phi) is 3.68. The zero-order valence-electron chi connectivity index (χ0n) is 11.1. The molecule has 0 heterocycles. The third kappa shape index (κ3) is 2.78. The molecule has 1 aliphatic rings. The van der Waals surface area contributed by atoms with Gasteiger partial charge in [-0.15, -0.1) is 6.58 Å². The summed E-state index contributed by atoms with van der Waals surface area (Å²) in [4.78, 5) is 0. The highest BCUT2D eigenvalue weighted by Gasteiger charge is 2.20. The standard InChI is InChI=1S/C16H23N/c1-4-16(2,12-17-3)11-13-8-9-14-6-5-7-15(14)10-13/h4,8-10,17H,1,5-7,11-12H2,2-3H3. The number of hydrogen-bond donors (Lipinski definition) is 1. The summed E-state index contributed by atoms with van der Waals surface area (Å²) >= 11 is 0. The van der Waals surface area contributed by atoms with Gasteiger partial charge in [0.25, 0.3) is 0 Å². The van der Waals surface area contributed by atoms with Crippen molar-refractivity contribution >= 4 is 0 Å². The van der Waals surface area contributed by atoms with E-state index in [1.54, 1.807) is 11.1 Å². The van der Waals surface area contributed by atoms with E-state index in [1.165, 1.54) is 24.8 Å². The molecule has 0 bridgehead atoms. The fourth-order valence-corrected chi connectivity index (χ4v) is 2.81. The predicted molar refractivity (Wildman–Crippen MR) is 74.4 cm³/mol. The van der Waals surface area contributed by atoms with Crippen molar-refractivity contribution in [2.75, 3.05) is 13.6 Å². The average molecular weight is 229 g/mol. The molecular weight excluding hydrogens is 206 g/mol. The van der Waals surface area contributed by atoms with Crippen LogP contribution in [0, 0.1) is 5.41 Å². The maximum atomic E-state index is 3.98. The van der Waals surface area contributed by atoms with Crippen molar-refractivity contribution in [1.29, 1.82) is 0 Å². The second kappa shape index (κ2) is 5.05. The highest BCUT2D eigenvalue weighted by atomic mass is 14.8. The molecule has 0 aliphatic heterocycles. The fourth-order valence-electron chi connectivity index (χ4n) is 2.81. The molecule has 1 heteroatoms. The van der Waals surface area contributed by atoms with Gasteiger partial charge < -0.3 is 5.32 Å². The number of aryl methyl sites for hydroxylation is 2. The minimum atomic E-state index is 0.154. The molecule has 1 aromatic rings. The van der Waals surface area contributed by atoms with Gasteiger partial charge in [-0.1, -0.05) is 31.2 Å². The molecule has 1 N–H and O–H groups in total. The molecule has 0 fully saturated rings. The van der Waals surface area contributed by atoms with E-state index in [0.717, 1.165) is 13.0 Å². The molecule has 0 amide bonds. The zero-order valence-corrected chi connectivity index (χ0v) is 11.1. The zero-order chi connectivity index (χ0) is 12.3. The maximum Gasteiger partial charge on any atom is 0.00400 e. The SMILES string of the molecule is C=CC(C)(CNC)Cc1ccc2c(c1)CCC2. The second-order valence-electron chi connectivity index (χ2n) is 5.52. The molecule has 0 saturated carbocycles. The summed E-state index contributed by atoms with van der Waals surface area (Å²) in [7, 11) is 2.00. The van der Waals surface area contributed by atoms with Gasteiger partial charge in [0.1, 0.15) is 0 Å². The molecular formula is C16H23N. The van der Waals surface area contributed by atoms with Gasteiger partial charge in [0.05, 0.1) is 0 Å². The monoisotopic (exact) mass is 229 g/mol. The fraction of sp³-hybridized carbons (Fsp3) is 0.500. The number of nitrogens with one attached hydrogen (secondary N) is 1. The van der Waals surface area contributed by atoms with Crippen LogP contribution in [0.15, 0.2) is 30.9 Å². The molecule has 0 radical (unpaired) electrons. The highest BCUT2D eigenvalue weighted by molar-refractivity contribution is 5.36. The molecule has 2 rings (SSSR count). The first-order chi connectivity index (χ1) is 8.17. The van der Waals surface area contributed by atoms with Crippen molar-refractivity contribution in [3.05, 3.63) is 47.5 Å². The van der Waals surface area contributed by atoms with E-state index in [-0.39, 0.29) is 5.41 Å². The Morgan fingerprint density at radius 2 is 2.12 bits per heavy atom. The normalized spacial score (nSPS) is 17.5. The van der Waals surface area contributed by atoms with E-state index in [9.17, 15) is 0 Å². The Labute approximate surface area is 105 Å². The van der Waals surface area contributed by atoms with Crippen molar-refractivity contribution in [3.8, 4) is 0 Å². The number of fused-ring (bicyclic) bond motifs is 1. The van der Waals surface area contributed by atoms with E-state index in [1.807, 2.05) is 7.05 Å². The van der Waals surface area contributed by atoms with Gasteiger partial charge >= 0.3 is 0 Å². The predicted octanol–water partition coefficient (Wildman–Crippen LogP) is 3.13. The van der Waals surface area contributed by atoms with E-state index >= 15 is 0 Å². The van der Waals surface area contributed by atoms with Crippen molar-refractivity contribution in [2.45, 2.75) is 32.6 Å². The maximum absolute atomic E-state index is 3.98. The Balaban J connectivity index is 2.15. The molecule has 0 saturated heterocycles. The van der Waals surface area contributed by atoms with Gasteiger partial charge in [-0.2, -0.15) is 0 Å². The molecule has 0 aromatic heterocycles. The van der Waals surface area contributed by atoms with Crippen LogP contribution in [-0.2, 0) is 19.3 Å². The largest absolute Gasteiger partial charge is 0.319 e. The van der Waals surface area contributed by atoms with Crippen LogP contribution < -0.4 is 5.32 Å². The highest BCUT2D eigenvalue weighted by Crippen LogP contribution is 2.27. The molecule has 1 unspecified atom stereocenters. The van der Waals surface area contributed by atoms with Crippen LogP contribution in [0.25, 0.3) is 0 Å². The Bertz CT molecular complexity index is 408. The molecule has 1 nitrogen and oxygen atoms in total. The number of rotatable bonds is 5. The van der Waals surface area contributed by atoms with E-state index in [4.69, 9.17) is 0 Å². The summed E-state index contributed by atoms with van der Waals surface area (Å²) in [5.74, 6) is 0. The van der Waals surface area contributed by atoms with E-state index in [0.29, 0.717) is 0 Å². The quantitative estimate of drug-likeness (QED) is 0.765. The third-order valence-corrected chi connectivity index (χ3v) is 3.84. The molecule has 1 aliphatic carbocycles. The van der Waals surface area contributed by atoms with Gasteiger partial charge in [0.15, 0.2) is 0 Å². The van der Waals surface area contributed by atoms with Crippen LogP contribution in [-0.4, -0.2) is 13.6 Å². The summed E-state index contributed by atoms with van der Waals surface area (Å²) in [6.45, 7) is 7.23. The van der Waals surface area contributed by atoms with Gasteiger partial charge in [0.2, 0.25) is 0 Å². The Morgan fingerprint density at radius 1 is 1.35 bits per heavy atom. The summed E-state index contributed by atoms with van der Waals surface area (Å²) in [5, 5.41) is 3.26. The minimum Gasteiger partial charge on any atom is -0.319 e. The second-order valence-corrected chi connectivity index (χ2v) is 5.52. The summed E-state index contributed by atoms with van der Waals surface area (Å²) in [5.41, 5.74) is 4.73. The first-order valence-electron chi connectivity index (χ1n) is 6.56. The van der Waals surface area contributed by atoms with Crippen molar-refractivity contribution in [1.82, 2.24) is 5.32 Å². The number of benzene rings is 1. The lowest BCUT2D eigenvalue weighted by Gasteiger charge is -2.25. The van der Waals surface area contributed by atoms with Crippen LogP contribution in [0.2, 0.25) is 0 Å². The van der Waals surface area contributed by atoms with Crippen LogP contribution in [0.3, 0.4) is 0 Å². The number of hydrogen-bond acceptors (Lipinski definition) is 1. The van der Waals surface area contributed by atoms with Gasteiger partial charge in [-0.25, -0.2) is 0 Å². The lowest BCUT2D eigenvalue weighted by atomic mass is 9.83. The van der Waals surface area contributed by atoms with E-state index in [2.05, 4.69) is 43.1 Å². The van der Waals surface area contributed by atoms with Crippen LogP contribution in [0.5, 0.6) is 0 Å². The lowest BCUT2D eigenvalue weighted by Crippen LogP contribution is -2.29. The third-order valence-electron chi connectivity index (χ3n) is 3.84. The summed E-state index contributed by atoms with van der Waals surface area (Å²) in [6, 6.07) is 7.02. The molecule has 1 atom stereocenters. The molecule has 17 heavy (non-hydrogen) atoms. The Morgan fingerprint density at radius 3 is 2.82 bits per heavy atom. The summed E-state index contributed by atoms with van der Waals surface area (Å²) in [6.07, 6.45) is 7.01.